The maximum absolute atomic E-state index is 12.1. The standard InChI is InChI=1S/C18H33N3O2/c1-19(2)17(22)12-21-14-18(11-16(21)13-23-3)7-9-20(10-8-18)15-5-4-6-15/h15-16H,4-14H2,1-3H3. The number of amides is 1. The van der Waals surface area contributed by atoms with Crippen LogP contribution in [-0.4, -0.2) is 86.7 Å². The Labute approximate surface area is 140 Å². The second-order valence-electron chi connectivity index (χ2n) is 8.13. The Hall–Kier alpha value is -0.650. The first kappa shape index (κ1) is 17.2. The van der Waals surface area contributed by atoms with Crippen LogP contribution in [-0.2, 0) is 9.53 Å². The van der Waals surface area contributed by atoms with Gasteiger partial charge >= 0.3 is 0 Å². The lowest BCUT2D eigenvalue weighted by atomic mass is 9.75. The molecule has 1 atom stereocenters. The van der Waals surface area contributed by atoms with Gasteiger partial charge in [0.2, 0.25) is 5.91 Å². The minimum absolute atomic E-state index is 0.204. The molecule has 3 rings (SSSR count). The molecule has 3 aliphatic rings. The van der Waals surface area contributed by atoms with Crippen LogP contribution in [0, 0.1) is 5.41 Å². The molecule has 1 amide bonds. The van der Waals surface area contributed by atoms with E-state index in [1.54, 1.807) is 12.0 Å². The number of ether oxygens (including phenoxy) is 1. The molecular weight excluding hydrogens is 290 g/mol. The van der Waals surface area contributed by atoms with Crippen molar-refractivity contribution >= 4 is 5.91 Å². The van der Waals surface area contributed by atoms with Gasteiger partial charge in [-0.3, -0.25) is 9.69 Å². The van der Waals surface area contributed by atoms with Crippen molar-refractivity contribution in [3.8, 4) is 0 Å². The minimum Gasteiger partial charge on any atom is -0.383 e. The summed E-state index contributed by atoms with van der Waals surface area (Å²) in [6.45, 7) is 4.85. The van der Waals surface area contributed by atoms with Crippen LogP contribution in [0.1, 0.15) is 38.5 Å². The van der Waals surface area contributed by atoms with Crippen LogP contribution in [0.25, 0.3) is 0 Å². The van der Waals surface area contributed by atoms with Crippen LogP contribution < -0.4 is 0 Å². The predicted octanol–water partition coefficient (Wildman–Crippen LogP) is 1.43. The van der Waals surface area contributed by atoms with E-state index in [1.807, 2.05) is 14.1 Å². The van der Waals surface area contributed by atoms with Gasteiger partial charge in [-0.05, 0) is 50.6 Å². The normalized spacial score (nSPS) is 28.9. The van der Waals surface area contributed by atoms with Crippen molar-refractivity contribution in [3.63, 3.8) is 0 Å². The molecule has 1 saturated carbocycles. The number of carbonyl (C=O) groups is 1. The van der Waals surface area contributed by atoms with Crippen LogP contribution in [0.4, 0.5) is 0 Å². The fourth-order valence-corrected chi connectivity index (χ4v) is 4.59. The first-order chi connectivity index (χ1) is 11.0. The highest BCUT2D eigenvalue weighted by molar-refractivity contribution is 5.77. The molecule has 2 heterocycles. The topological polar surface area (TPSA) is 36.0 Å². The molecule has 1 spiro atoms. The van der Waals surface area contributed by atoms with Gasteiger partial charge in [-0.25, -0.2) is 0 Å². The summed E-state index contributed by atoms with van der Waals surface area (Å²) in [5.41, 5.74) is 0.413. The second-order valence-corrected chi connectivity index (χ2v) is 8.13. The molecule has 5 heteroatoms. The van der Waals surface area contributed by atoms with E-state index in [4.69, 9.17) is 4.74 Å². The van der Waals surface area contributed by atoms with Gasteiger partial charge < -0.3 is 14.5 Å². The van der Waals surface area contributed by atoms with Crippen molar-refractivity contribution in [2.45, 2.75) is 50.6 Å². The predicted molar refractivity (Wildman–Crippen MR) is 91.4 cm³/mol. The maximum Gasteiger partial charge on any atom is 0.236 e. The van der Waals surface area contributed by atoms with Crippen molar-refractivity contribution in [3.05, 3.63) is 0 Å². The zero-order chi connectivity index (χ0) is 16.4. The molecule has 1 aliphatic carbocycles. The zero-order valence-electron chi connectivity index (χ0n) is 15.1. The van der Waals surface area contributed by atoms with Gasteiger partial charge in [-0.2, -0.15) is 0 Å². The van der Waals surface area contributed by atoms with Crippen molar-refractivity contribution in [2.75, 3.05) is 54.0 Å². The highest BCUT2D eigenvalue weighted by atomic mass is 16.5. The summed E-state index contributed by atoms with van der Waals surface area (Å²) in [5, 5.41) is 0. The quantitative estimate of drug-likeness (QED) is 0.767. The minimum atomic E-state index is 0.204. The average Bonchev–Trinajstić information content (AvgIpc) is 2.78. The molecule has 1 unspecified atom stereocenters. The highest BCUT2D eigenvalue weighted by Gasteiger charge is 2.46. The third-order valence-electron chi connectivity index (χ3n) is 6.37. The first-order valence-electron chi connectivity index (χ1n) is 9.20. The van der Waals surface area contributed by atoms with Gasteiger partial charge in [0, 0.05) is 39.8 Å². The molecule has 5 nitrogen and oxygen atoms in total. The number of likely N-dealkylation sites (tertiary alicyclic amines) is 2. The SMILES string of the molecule is COCC1CC2(CCN(C3CCC3)CC2)CN1CC(=O)N(C)C. The molecule has 23 heavy (non-hydrogen) atoms. The van der Waals surface area contributed by atoms with Crippen LogP contribution >= 0.6 is 0 Å². The number of rotatable bonds is 5. The van der Waals surface area contributed by atoms with E-state index in [9.17, 15) is 4.79 Å². The van der Waals surface area contributed by atoms with E-state index < -0.39 is 0 Å². The molecule has 0 bridgehead atoms. The summed E-state index contributed by atoms with van der Waals surface area (Å²) in [6, 6.07) is 1.27. The summed E-state index contributed by atoms with van der Waals surface area (Å²) >= 11 is 0. The molecule has 2 aliphatic heterocycles. The number of hydrogen-bond acceptors (Lipinski definition) is 4. The van der Waals surface area contributed by atoms with Crippen LogP contribution in [0.15, 0.2) is 0 Å². The smallest absolute Gasteiger partial charge is 0.236 e. The molecule has 132 valence electrons. The number of likely N-dealkylation sites (N-methyl/N-ethyl adjacent to an activating group) is 1. The van der Waals surface area contributed by atoms with Crippen LogP contribution in [0.5, 0.6) is 0 Å². The molecule has 0 aromatic carbocycles. The number of hydrogen-bond donors (Lipinski definition) is 0. The molecular formula is C18H33N3O2. The average molecular weight is 323 g/mol. The molecule has 0 radical (unpaired) electrons. The largest absolute Gasteiger partial charge is 0.383 e. The summed E-state index contributed by atoms with van der Waals surface area (Å²) in [5.74, 6) is 0.204. The summed E-state index contributed by atoms with van der Waals surface area (Å²) in [4.78, 5) is 18.9. The second kappa shape index (κ2) is 7.08. The van der Waals surface area contributed by atoms with Gasteiger partial charge in [0.25, 0.3) is 0 Å². The van der Waals surface area contributed by atoms with Crippen LogP contribution in [0.3, 0.4) is 0 Å². The van der Waals surface area contributed by atoms with E-state index in [1.165, 1.54) is 51.6 Å². The number of methoxy groups -OCH3 is 1. The van der Waals surface area contributed by atoms with Crippen molar-refractivity contribution in [1.82, 2.24) is 14.7 Å². The van der Waals surface area contributed by atoms with E-state index in [-0.39, 0.29) is 5.91 Å². The monoisotopic (exact) mass is 323 g/mol. The Balaban J connectivity index is 1.59. The fourth-order valence-electron chi connectivity index (χ4n) is 4.59. The lowest BCUT2D eigenvalue weighted by Gasteiger charge is -2.45. The maximum atomic E-state index is 12.1. The summed E-state index contributed by atoms with van der Waals surface area (Å²) in [7, 11) is 5.46. The fraction of sp³-hybridized carbons (Fsp3) is 0.944. The third-order valence-corrected chi connectivity index (χ3v) is 6.37. The van der Waals surface area contributed by atoms with E-state index in [2.05, 4.69) is 9.80 Å². The first-order valence-corrected chi connectivity index (χ1v) is 9.20. The molecule has 0 N–H and O–H groups in total. The van der Waals surface area contributed by atoms with Gasteiger partial charge in [-0.15, -0.1) is 0 Å². The Morgan fingerprint density at radius 2 is 1.96 bits per heavy atom. The lowest BCUT2D eigenvalue weighted by molar-refractivity contribution is -0.130. The summed E-state index contributed by atoms with van der Waals surface area (Å²) < 4.78 is 5.44. The van der Waals surface area contributed by atoms with E-state index in [0.29, 0.717) is 18.0 Å². The van der Waals surface area contributed by atoms with Gasteiger partial charge in [0.1, 0.15) is 0 Å². The molecule has 2 saturated heterocycles. The zero-order valence-corrected chi connectivity index (χ0v) is 15.1. The van der Waals surface area contributed by atoms with Gasteiger partial charge in [0.15, 0.2) is 0 Å². The number of nitrogens with zero attached hydrogens (tertiary/aromatic N) is 3. The number of carbonyl (C=O) groups excluding carboxylic acids is 1. The third kappa shape index (κ3) is 3.72. The van der Waals surface area contributed by atoms with Gasteiger partial charge in [-0.1, -0.05) is 6.42 Å². The molecule has 0 aromatic rings. The number of piperidine rings is 1. The Morgan fingerprint density at radius 1 is 1.26 bits per heavy atom. The molecule has 3 fully saturated rings. The lowest BCUT2D eigenvalue weighted by Crippen LogP contribution is -2.48. The van der Waals surface area contributed by atoms with Crippen molar-refractivity contribution in [2.24, 2.45) is 5.41 Å². The van der Waals surface area contributed by atoms with Crippen molar-refractivity contribution < 1.29 is 9.53 Å². The van der Waals surface area contributed by atoms with E-state index in [0.717, 1.165) is 19.2 Å². The highest BCUT2D eigenvalue weighted by Crippen LogP contribution is 2.44. The molecule has 0 aromatic heterocycles. The van der Waals surface area contributed by atoms with Gasteiger partial charge in [0.05, 0.1) is 13.2 Å². The van der Waals surface area contributed by atoms with Crippen LogP contribution in [0.2, 0.25) is 0 Å². The van der Waals surface area contributed by atoms with Crippen molar-refractivity contribution in [1.29, 1.82) is 0 Å². The Morgan fingerprint density at radius 3 is 2.48 bits per heavy atom. The summed E-state index contributed by atoms with van der Waals surface area (Å²) in [6.07, 6.45) is 8.00. The Bertz CT molecular complexity index is 414. The Kier molecular flexibility index (Phi) is 5.29. The van der Waals surface area contributed by atoms with E-state index >= 15 is 0 Å².